The molecule has 19 heavy (non-hydrogen) atoms. The summed E-state index contributed by atoms with van der Waals surface area (Å²) in [6, 6.07) is 6.21. The molecule has 1 aromatic carbocycles. The predicted molar refractivity (Wildman–Crippen MR) is 72.8 cm³/mol. The van der Waals surface area contributed by atoms with Crippen LogP contribution in [0.3, 0.4) is 0 Å². The number of primary sulfonamides is 1. The van der Waals surface area contributed by atoms with Crippen molar-refractivity contribution in [3.05, 3.63) is 29.8 Å². The lowest BCUT2D eigenvalue weighted by Gasteiger charge is -2.11. The highest BCUT2D eigenvalue weighted by Crippen LogP contribution is 2.09. The van der Waals surface area contributed by atoms with Crippen molar-refractivity contribution in [2.45, 2.75) is 18.4 Å². The van der Waals surface area contributed by atoms with E-state index in [1.165, 1.54) is 12.1 Å². The van der Waals surface area contributed by atoms with Gasteiger partial charge in [0.15, 0.2) is 0 Å². The molecule has 0 saturated heterocycles. The Hall–Kier alpha value is -1.44. The van der Waals surface area contributed by atoms with Gasteiger partial charge in [-0.3, -0.25) is 4.79 Å². The second kappa shape index (κ2) is 6.65. The molecule has 6 nitrogen and oxygen atoms in total. The first-order chi connectivity index (χ1) is 8.84. The van der Waals surface area contributed by atoms with Gasteiger partial charge in [0.05, 0.1) is 4.90 Å². The molecule has 0 aliphatic rings. The quantitative estimate of drug-likeness (QED) is 0.674. The van der Waals surface area contributed by atoms with E-state index in [4.69, 9.17) is 5.14 Å². The van der Waals surface area contributed by atoms with E-state index in [0.717, 1.165) is 0 Å². The van der Waals surface area contributed by atoms with E-state index < -0.39 is 10.0 Å². The molecule has 1 unspecified atom stereocenters. The average Bonchev–Trinajstić information content (AvgIpc) is 2.35. The molecular weight excluding hydrogens is 266 g/mol. The van der Waals surface area contributed by atoms with Crippen molar-refractivity contribution in [1.82, 2.24) is 10.6 Å². The molecule has 0 aromatic heterocycles. The zero-order chi connectivity index (χ0) is 14.5. The SMILES string of the molecule is CNCC(C)C(=O)NCc1cccc(S(N)(=O)=O)c1. The minimum atomic E-state index is -3.71. The van der Waals surface area contributed by atoms with Crippen molar-refractivity contribution in [1.29, 1.82) is 0 Å². The molecule has 0 bridgehead atoms. The summed E-state index contributed by atoms with van der Waals surface area (Å²) >= 11 is 0. The molecule has 1 atom stereocenters. The van der Waals surface area contributed by atoms with Crippen LogP contribution in [0, 0.1) is 5.92 Å². The van der Waals surface area contributed by atoms with Gasteiger partial charge in [-0.1, -0.05) is 19.1 Å². The summed E-state index contributed by atoms with van der Waals surface area (Å²) in [5.74, 6) is -0.234. The largest absolute Gasteiger partial charge is 0.352 e. The van der Waals surface area contributed by atoms with Crippen LogP contribution >= 0.6 is 0 Å². The van der Waals surface area contributed by atoms with E-state index in [1.54, 1.807) is 19.2 Å². The second-order valence-electron chi connectivity index (χ2n) is 4.37. The van der Waals surface area contributed by atoms with Crippen LogP contribution in [0.1, 0.15) is 12.5 Å². The Bertz CT molecular complexity index is 543. The normalized spacial score (nSPS) is 13.0. The van der Waals surface area contributed by atoms with Crippen LogP contribution in [0.15, 0.2) is 29.2 Å². The van der Waals surface area contributed by atoms with Crippen molar-refractivity contribution in [3.63, 3.8) is 0 Å². The summed E-state index contributed by atoms with van der Waals surface area (Å²) < 4.78 is 22.4. The van der Waals surface area contributed by atoms with Gasteiger partial charge in [-0.2, -0.15) is 0 Å². The molecule has 1 amide bonds. The van der Waals surface area contributed by atoms with Gasteiger partial charge in [-0.05, 0) is 24.7 Å². The first-order valence-corrected chi connectivity index (χ1v) is 7.43. The van der Waals surface area contributed by atoms with Crippen LogP contribution in [0.5, 0.6) is 0 Å². The Labute approximate surface area is 113 Å². The number of benzene rings is 1. The maximum absolute atomic E-state index is 11.7. The first-order valence-electron chi connectivity index (χ1n) is 5.88. The molecule has 1 aromatic rings. The van der Waals surface area contributed by atoms with Crippen LogP contribution in [-0.4, -0.2) is 27.9 Å². The van der Waals surface area contributed by atoms with Crippen molar-refractivity contribution in [2.24, 2.45) is 11.1 Å². The lowest BCUT2D eigenvalue weighted by molar-refractivity contribution is -0.124. The number of carbonyl (C=O) groups is 1. The van der Waals surface area contributed by atoms with Crippen molar-refractivity contribution in [2.75, 3.05) is 13.6 Å². The third kappa shape index (κ3) is 4.98. The van der Waals surface area contributed by atoms with Gasteiger partial charge in [0.1, 0.15) is 0 Å². The fourth-order valence-electron chi connectivity index (χ4n) is 1.59. The molecule has 0 spiro atoms. The minimum absolute atomic E-state index is 0.0440. The summed E-state index contributed by atoms with van der Waals surface area (Å²) in [6.45, 7) is 2.67. The van der Waals surface area contributed by atoms with Gasteiger partial charge in [0, 0.05) is 19.0 Å². The second-order valence-corrected chi connectivity index (χ2v) is 5.93. The van der Waals surface area contributed by atoms with Crippen LogP contribution in [0.2, 0.25) is 0 Å². The Kier molecular flexibility index (Phi) is 5.46. The van der Waals surface area contributed by atoms with Crippen molar-refractivity contribution >= 4 is 15.9 Å². The maximum Gasteiger partial charge on any atom is 0.238 e. The first kappa shape index (κ1) is 15.6. The minimum Gasteiger partial charge on any atom is -0.352 e. The lowest BCUT2D eigenvalue weighted by Crippen LogP contribution is -2.33. The Morgan fingerprint density at radius 2 is 2.11 bits per heavy atom. The van der Waals surface area contributed by atoms with E-state index in [-0.39, 0.29) is 23.3 Å². The highest BCUT2D eigenvalue weighted by atomic mass is 32.2. The Balaban J connectivity index is 2.66. The lowest BCUT2D eigenvalue weighted by atomic mass is 10.1. The molecular formula is C12H19N3O3S. The zero-order valence-electron chi connectivity index (χ0n) is 11.0. The summed E-state index contributed by atoms with van der Waals surface area (Å²) in [6.07, 6.45) is 0. The van der Waals surface area contributed by atoms with Crippen LogP contribution in [0.25, 0.3) is 0 Å². The van der Waals surface area contributed by atoms with Crippen LogP contribution in [-0.2, 0) is 21.4 Å². The van der Waals surface area contributed by atoms with E-state index in [1.807, 2.05) is 6.92 Å². The standard InChI is InChI=1S/C12H19N3O3S/c1-9(7-14-2)12(16)15-8-10-4-3-5-11(6-10)19(13,17)18/h3-6,9,14H,7-8H2,1-2H3,(H,15,16)(H2,13,17,18). The average molecular weight is 285 g/mol. The summed E-state index contributed by atoms with van der Waals surface area (Å²) in [7, 11) is -1.93. The van der Waals surface area contributed by atoms with E-state index in [0.29, 0.717) is 12.1 Å². The van der Waals surface area contributed by atoms with E-state index in [2.05, 4.69) is 10.6 Å². The van der Waals surface area contributed by atoms with Crippen molar-refractivity contribution < 1.29 is 13.2 Å². The van der Waals surface area contributed by atoms with Gasteiger partial charge in [-0.15, -0.1) is 0 Å². The molecule has 4 N–H and O–H groups in total. The molecule has 106 valence electrons. The highest BCUT2D eigenvalue weighted by Gasteiger charge is 2.12. The molecule has 0 fully saturated rings. The Morgan fingerprint density at radius 3 is 2.68 bits per heavy atom. The molecule has 0 saturated carbocycles. The van der Waals surface area contributed by atoms with E-state index in [9.17, 15) is 13.2 Å². The number of amides is 1. The molecule has 0 radical (unpaired) electrons. The number of hydrogen-bond acceptors (Lipinski definition) is 4. The number of nitrogens with one attached hydrogen (secondary N) is 2. The smallest absolute Gasteiger partial charge is 0.238 e. The van der Waals surface area contributed by atoms with Crippen LogP contribution < -0.4 is 15.8 Å². The summed E-state index contributed by atoms with van der Waals surface area (Å²) in [5.41, 5.74) is 0.691. The molecule has 0 aliphatic heterocycles. The number of sulfonamides is 1. The topological polar surface area (TPSA) is 101 Å². The van der Waals surface area contributed by atoms with Crippen molar-refractivity contribution in [3.8, 4) is 0 Å². The summed E-state index contributed by atoms with van der Waals surface area (Å²) in [5, 5.41) is 10.7. The third-order valence-electron chi connectivity index (χ3n) is 2.65. The summed E-state index contributed by atoms with van der Waals surface area (Å²) in [4.78, 5) is 11.7. The van der Waals surface area contributed by atoms with Gasteiger partial charge in [0.25, 0.3) is 0 Å². The number of hydrogen-bond donors (Lipinski definition) is 3. The Morgan fingerprint density at radius 1 is 1.42 bits per heavy atom. The fourth-order valence-corrected chi connectivity index (χ4v) is 2.18. The zero-order valence-corrected chi connectivity index (χ0v) is 11.8. The molecule has 0 heterocycles. The number of rotatable bonds is 6. The highest BCUT2D eigenvalue weighted by molar-refractivity contribution is 7.89. The third-order valence-corrected chi connectivity index (χ3v) is 3.56. The van der Waals surface area contributed by atoms with Gasteiger partial charge in [0.2, 0.25) is 15.9 Å². The van der Waals surface area contributed by atoms with E-state index >= 15 is 0 Å². The molecule has 0 aliphatic carbocycles. The van der Waals surface area contributed by atoms with Gasteiger partial charge >= 0.3 is 0 Å². The van der Waals surface area contributed by atoms with Crippen LogP contribution in [0.4, 0.5) is 0 Å². The monoisotopic (exact) mass is 285 g/mol. The van der Waals surface area contributed by atoms with Gasteiger partial charge in [-0.25, -0.2) is 13.6 Å². The predicted octanol–water partition coefficient (Wildman–Crippen LogP) is -0.194. The molecule has 7 heteroatoms. The number of nitrogens with two attached hydrogens (primary N) is 1. The van der Waals surface area contributed by atoms with Gasteiger partial charge < -0.3 is 10.6 Å². The fraction of sp³-hybridized carbons (Fsp3) is 0.417. The molecule has 1 rings (SSSR count). The number of carbonyl (C=O) groups excluding carboxylic acids is 1. The maximum atomic E-state index is 11.7.